The molecule has 25 heavy (non-hydrogen) atoms. The van der Waals surface area contributed by atoms with E-state index in [0.717, 1.165) is 19.6 Å². The monoisotopic (exact) mass is 347 g/mol. The van der Waals surface area contributed by atoms with Crippen LogP contribution in [-0.4, -0.2) is 62.1 Å². The van der Waals surface area contributed by atoms with Crippen molar-refractivity contribution in [1.82, 2.24) is 15.5 Å². The van der Waals surface area contributed by atoms with E-state index in [9.17, 15) is 9.59 Å². The molecule has 2 rings (SSSR count). The van der Waals surface area contributed by atoms with Gasteiger partial charge in [-0.05, 0) is 18.1 Å². The van der Waals surface area contributed by atoms with Crippen LogP contribution < -0.4 is 10.6 Å². The third-order valence-corrected chi connectivity index (χ3v) is 4.05. The molecular weight excluding hydrogens is 318 g/mol. The normalized spacial score (nSPS) is 18.1. The lowest BCUT2D eigenvalue weighted by molar-refractivity contribution is -0.122. The molecule has 1 aromatic rings. The smallest absolute Gasteiger partial charge is 0.251 e. The van der Waals surface area contributed by atoms with E-state index in [4.69, 9.17) is 4.74 Å². The number of amides is 2. The average Bonchev–Trinajstić information content (AvgIpc) is 2.60. The summed E-state index contributed by atoms with van der Waals surface area (Å²) in [6.45, 7) is 8.81. The number of ether oxygens (including phenoxy) is 1. The van der Waals surface area contributed by atoms with Gasteiger partial charge in [-0.25, -0.2) is 0 Å². The first-order valence-electron chi connectivity index (χ1n) is 8.98. The molecule has 6 nitrogen and oxygen atoms in total. The number of benzene rings is 1. The van der Waals surface area contributed by atoms with Gasteiger partial charge in [0.15, 0.2) is 0 Å². The Hall–Kier alpha value is -1.92. The number of nitrogens with one attached hydrogen (secondary N) is 2. The van der Waals surface area contributed by atoms with Crippen LogP contribution in [0, 0.1) is 5.92 Å². The Labute approximate surface area is 149 Å². The minimum atomic E-state index is -0.159. The van der Waals surface area contributed by atoms with Gasteiger partial charge in [-0.15, -0.1) is 0 Å². The maximum Gasteiger partial charge on any atom is 0.251 e. The molecule has 2 N–H and O–H groups in total. The number of hydrogen-bond acceptors (Lipinski definition) is 4. The Morgan fingerprint density at radius 1 is 1.24 bits per heavy atom. The second-order valence-corrected chi connectivity index (χ2v) is 6.82. The van der Waals surface area contributed by atoms with E-state index < -0.39 is 0 Å². The zero-order valence-electron chi connectivity index (χ0n) is 15.2. The second kappa shape index (κ2) is 10.2. The van der Waals surface area contributed by atoms with E-state index in [0.29, 0.717) is 31.2 Å². The molecule has 1 aliphatic heterocycles. The van der Waals surface area contributed by atoms with Gasteiger partial charge in [0.05, 0.1) is 12.7 Å². The third-order valence-electron chi connectivity index (χ3n) is 4.05. The molecule has 1 heterocycles. The quantitative estimate of drug-likeness (QED) is 0.743. The summed E-state index contributed by atoms with van der Waals surface area (Å²) in [5.74, 6) is 0.396. The van der Waals surface area contributed by atoms with Crippen LogP contribution in [0.4, 0.5) is 0 Å². The molecule has 1 atom stereocenters. The number of morpholine rings is 1. The fourth-order valence-electron chi connectivity index (χ4n) is 2.88. The van der Waals surface area contributed by atoms with Crippen LogP contribution in [0.25, 0.3) is 0 Å². The second-order valence-electron chi connectivity index (χ2n) is 6.82. The first-order valence-corrected chi connectivity index (χ1v) is 8.98. The molecule has 2 amide bonds. The molecule has 0 aromatic heterocycles. The van der Waals surface area contributed by atoms with Crippen molar-refractivity contribution >= 4 is 11.8 Å². The summed E-state index contributed by atoms with van der Waals surface area (Å²) in [6, 6.07) is 8.99. The zero-order chi connectivity index (χ0) is 18.1. The molecule has 0 radical (unpaired) electrons. The van der Waals surface area contributed by atoms with Gasteiger partial charge in [-0.3, -0.25) is 14.5 Å². The lowest BCUT2D eigenvalue weighted by Crippen LogP contribution is -2.48. The van der Waals surface area contributed by atoms with Gasteiger partial charge in [0, 0.05) is 44.7 Å². The molecule has 1 unspecified atom stereocenters. The zero-order valence-corrected chi connectivity index (χ0v) is 15.2. The van der Waals surface area contributed by atoms with E-state index in [1.54, 1.807) is 12.1 Å². The molecule has 0 saturated carbocycles. The molecule has 1 aliphatic rings. The minimum Gasteiger partial charge on any atom is -0.374 e. The number of rotatable bonds is 8. The summed E-state index contributed by atoms with van der Waals surface area (Å²) in [6.07, 6.45) is 0.302. The molecule has 1 fully saturated rings. The van der Waals surface area contributed by atoms with Crippen molar-refractivity contribution < 1.29 is 14.3 Å². The fraction of sp³-hybridized carbons (Fsp3) is 0.579. The number of nitrogens with zero attached hydrogens (tertiary/aromatic N) is 1. The lowest BCUT2D eigenvalue weighted by atomic mass is 10.2. The third kappa shape index (κ3) is 7.23. The molecule has 1 aromatic carbocycles. The summed E-state index contributed by atoms with van der Waals surface area (Å²) in [5.41, 5.74) is 0.601. The van der Waals surface area contributed by atoms with Crippen LogP contribution in [0.5, 0.6) is 0 Å². The van der Waals surface area contributed by atoms with Crippen LogP contribution in [0.3, 0.4) is 0 Å². The minimum absolute atomic E-state index is 0.0374. The van der Waals surface area contributed by atoms with Crippen LogP contribution in [-0.2, 0) is 9.53 Å². The number of carbonyl (C=O) groups excluding carboxylic acids is 2. The molecule has 1 saturated heterocycles. The van der Waals surface area contributed by atoms with Gasteiger partial charge in [-0.1, -0.05) is 32.0 Å². The first kappa shape index (κ1) is 19.4. The highest BCUT2D eigenvalue weighted by Crippen LogP contribution is 2.07. The van der Waals surface area contributed by atoms with Gasteiger partial charge >= 0.3 is 0 Å². The van der Waals surface area contributed by atoms with Crippen molar-refractivity contribution in [2.24, 2.45) is 5.92 Å². The van der Waals surface area contributed by atoms with Crippen molar-refractivity contribution in [3.63, 3.8) is 0 Å². The highest BCUT2D eigenvalue weighted by Gasteiger charge is 2.21. The largest absolute Gasteiger partial charge is 0.374 e. The Kier molecular flexibility index (Phi) is 7.88. The number of carbonyl (C=O) groups is 2. The summed E-state index contributed by atoms with van der Waals surface area (Å²) in [5, 5.41) is 5.66. The van der Waals surface area contributed by atoms with E-state index >= 15 is 0 Å². The van der Waals surface area contributed by atoms with Crippen molar-refractivity contribution in [3.05, 3.63) is 35.9 Å². The average molecular weight is 347 g/mol. The molecule has 0 bridgehead atoms. The van der Waals surface area contributed by atoms with Crippen molar-refractivity contribution in [3.8, 4) is 0 Å². The topological polar surface area (TPSA) is 70.7 Å². The predicted octanol–water partition coefficient (Wildman–Crippen LogP) is 1.28. The Morgan fingerprint density at radius 3 is 2.72 bits per heavy atom. The van der Waals surface area contributed by atoms with Crippen LogP contribution in [0.1, 0.15) is 30.6 Å². The van der Waals surface area contributed by atoms with Crippen molar-refractivity contribution in [2.45, 2.75) is 26.4 Å². The highest BCUT2D eigenvalue weighted by atomic mass is 16.5. The van der Waals surface area contributed by atoms with E-state index in [-0.39, 0.29) is 24.3 Å². The maximum absolute atomic E-state index is 11.9. The van der Waals surface area contributed by atoms with Gasteiger partial charge in [0.25, 0.3) is 5.91 Å². The van der Waals surface area contributed by atoms with Gasteiger partial charge in [0.2, 0.25) is 5.91 Å². The SMILES string of the molecule is CC(C)CN1CCOC(CNC(=O)CCNC(=O)c2ccccc2)C1. The Morgan fingerprint density at radius 2 is 2.00 bits per heavy atom. The van der Waals surface area contributed by atoms with Crippen molar-refractivity contribution in [2.75, 3.05) is 39.3 Å². The molecular formula is C19H29N3O3. The highest BCUT2D eigenvalue weighted by molar-refractivity contribution is 5.94. The van der Waals surface area contributed by atoms with E-state index in [1.807, 2.05) is 18.2 Å². The molecule has 0 spiro atoms. The Balaban J connectivity index is 1.61. The van der Waals surface area contributed by atoms with E-state index in [2.05, 4.69) is 29.4 Å². The van der Waals surface area contributed by atoms with Crippen molar-refractivity contribution in [1.29, 1.82) is 0 Å². The summed E-state index contributed by atoms with van der Waals surface area (Å²) in [7, 11) is 0. The van der Waals surface area contributed by atoms with Crippen LogP contribution in [0.2, 0.25) is 0 Å². The van der Waals surface area contributed by atoms with Gasteiger partial charge in [0.1, 0.15) is 0 Å². The fourth-order valence-corrected chi connectivity index (χ4v) is 2.88. The maximum atomic E-state index is 11.9. The molecule has 138 valence electrons. The summed E-state index contributed by atoms with van der Waals surface area (Å²) in [4.78, 5) is 26.2. The van der Waals surface area contributed by atoms with Gasteiger partial charge < -0.3 is 15.4 Å². The molecule has 6 heteroatoms. The Bertz CT molecular complexity index is 548. The van der Waals surface area contributed by atoms with Crippen LogP contribution in [0.15, 0.2) is 30.3 Å². The van der Waals surface area contributed by atoms with E-state index in [1.165, 1.54) is 0 Å². The summed E-state index contributed by atoms with van der Waals surface area (Å²) >= 11 is 0. The predicted molar refractivity (Wildman–Crippen MR) is 97.4 cm³/mol. The van der Waals surface area contributed by atoms with Crippen LogP contribution >= 0.6 is 0 Å². The summed E-state index contributed by atoms with van der Waals surface area (Å²) < 4.78 is 5.71. The molecule has 0 aliphatic carbocycles. The number of hydrogen-bond donors (Lipinski definition) is 2. The lowest BCUT2D eigenvalue weighted by Gasteiger charge is -2.33. The first-order chi connectivity index (χ1) is 12.0. The standard InChI is InChI=1S/C19H29N3O3/c1-15(2)13-22-10-11-25-17(14-22)12-21-18(23)8-9-20-19(24)16-6-4-3-5-7-16/h3-7,15,17H,8-14H2,1-2H3,(H,20,24)(H,21,23). The van der Waals surface area contributed by atoms with Gasteiger partial charge in [-0.2, -0.15) is 0 Å².